The molecule has 0 aromatic heterocycles. The number of carboxylic acid groups (broad SMARTS) is 1. The number of nitrogens with one attached hydrogen (secondary N) is 2. The van der Waals surface area contributed by atoms with Crippen molar-refractivity contribution in [2.45, 2.75) is 20.0 Å². The number of hydrogen-bond donors (Lipinski definition) is 3. The lowest BCUT2D eigenvalue weighted by Gasteiger charge is -2.29. The van der Waals surface area contributed by atoms with E-state index >= 15 is 0 Å². The zero-order valence-electron chi connectivity index (χ0n) is 19.8. The second-order valence-electron chi connectivity index (χ2n) is 8.46. The highest BCUT2D eigenvalue weighted by atomic mass is 19.4. The first kappa shape index (κ1) is 26.3. The SMILES string of the molecule is C=C(C)CN(CC(F)(F)F)c1ccc(-c2ccccc2C(=O)O)cc1NC(=O)Nc1ccc(C)cc1. The molecule has 3 rings (SSSR count). The monoisotopic (exact) mass is 497 g/mol. The largest absolute Gasteiger partial charge is 0.478 e. The maximum absolute atomic E-state index is 13.4. The number of carbonyl (C=O) groups is 2. The van der Waals surface area contributed by atoms with Gasteiger partial charge in [0.25, 0.3) is 0 Å². The Morgan fingerprint density at radius 2 is 1.67 bits per heavy atom. The van der Waals surface area contributed by atoms with E-state index in [0.717, 1.165) is 10.5 Å². The molecule has 2 amide bonds. The smallest absolute Gasteiger partial charge is 0.405 e. The first-order valence-corrected chi connectivity index (χ1v) is 11.0. The number of urea groups is 1. The fraction of sp³-hybridized carbons (Fsp3) is 0.185. The lowest BCUT2D eigenvalue weighted by atomic mass is 9.98. The first-order chi connectivity index (χ1) is 16.9. The van der Waals surface area contributed by atoms with Crippen molar-refractivity contribution in [1.29, 1.82) is 0 Å². The first-order valence-electron chi connectivity index (χ1n) is 11.0. The zero-order chi connectivity index (χ0) is 26.5. The second-order valence-corrected chi connectivity index (χ2v) is 8.46. The van der Waals surface area contributed by atoms with Crippen molar-refractivity contribution in [2.24, 2.45) is 0 Å². The van der Waals surface area contributed by atoms with Gasteiger partial charge in [0.15, 0.2) is 0 Å². The van der Waals surface area contributed by atoms with Crippen LogP contribution in [-0.2, 0) is 0 Å². The highest BCUT2D eigenvalue weighted by Crippen LogP contribution is 2.35. The van der Waals surface area contributed by atoms with Crippen LogP contribution in [0.2, 0.25) is 0 Å². The van der Waals surface area contributed by atoms with E-state index in [9.17, 15) is 27.9 Å². The molecule has 0 heterocycles. The van der Waals surface area contributed by atoms with E-state index in [4.69, 9.17) is 0 Å². The number of carboxylic acids is 1. The Balaban J connectivity index is 2.06. The van der Waals surface area contributed by atoms with Crippen molar-refractivity contribution in [1.82, 2.24) is 0 Å². The van der Waals surface area contributed by atoms with Crippen LogP contribution in [0.1, 0.15) is 22.8 Å². The molecule has 0 aliphatic rings. The highest BCUT2D eigenvalue weighted by molar-refractivity contribution is 6.03. The minimum absolute atomic E-state index is 0.0226. The van der Waals surface area contributed by atoms with Gasteiger partial charge in [-0.3, -0.25) is 0 Å². The van der Waals surface area contributed by atoms with Crippen LogP contribution in [0.15, 0.2) is 78.9 Å². The van der Waals surface area contributed by atoms with Crippen molar-refractivity contribution < 1.29 is 27.9 Å². The molecule has 36 heavy (non-hydrogen) atoms. The lowest BCUT2D eigenvalue weighted by molar-refractivity contribution is -0.119. The number of hydrogen-bond acceptors (Lipinski definition) is 3. The van der Waals surface area contributed by atoms with Crippen LogP contribution in [-0.4, -0.2) is 36.4 Å². The molecule has 188 valence electrons. The van der Waals surface area contributed by atoms with Gasteiger partial charge in [-0.15, -0.1) is 0 Å². The van der Waals surface area contributed by atoms with E-state index in [2.05, 4.69) is 17.2 Å². The average molecular weight is 498 g/mol. The van der Waals surface area contributed by atoms with Gasteiger partial charge in [-0.2, -0.15) is 13.2 Å². The van der Waals surface area contributed by atoms with Crippen molar-refractivity contribution >= 4 is 29.1 Å². The van der Waals surface area contributed by atoms with Crippen molar-refractivity contribution in [3.8, 4) is 11.1 Å². The Morgan fingerprint density at radius 1 is 1.00 bits per heavy atom. The molecular formula is C27H26F3N3O3. The molecule has 0 fully saturated rings. The number of halogens is 3. The van der Waals surface area contributed by atoms with Crippen LogP contribution in [0.25, 0.3) is 11.1 Å². The molecule has 6 nitrogen and oxygen atoms in total. The van der Waals surface area contributed by atoms with E-state index in [0.29, 0.717) is 22.4 Å². The van der Waals surface area contributed by atoms with Crippen LogP contribution in [0.3, 0.4) is 0 Å². The summed E-state index contributed by atoms with van der Waals surface area (Å²) in [5, 5.41) is 14.9. The molecule has 0 aliphatic heterocycles. The number of amides is 2. The summed E-state index contributed by atoms with van der Waals surface area (Å²) in [6, 6.07) is 17.0. The number of aryl methyl sites for hydroxylation is 1. The highest BCUT2D eigenvalue weighted by Gasteiger charge is 2.32. The average Bonchev–Trinajstić information content (AvgIpc) is 2.79. The van der Waals surface area contributed by atoms with Gasteiger partial charge >= 0.3 is 18.2 Å². The molecule has 0 unspecified atom stereocenters. The van der Waals surface area contributed by atoms with Crippen LogP contribution in [0.5, 0.6) is 0 Å². The number of alkyl halides is 3. The molecule has 9 heteroatoms. The van der Waals surface area contributed by atoms with Crippen LogP contribution >= 0.6 is 0 Å². The van der Waals surface area contributed by atoms with Gasteiger partial charge in [0.05, 0.1) is 16.9 Å². The molecule has 0 saturated heterocycles. The summed E-state index contributed by atoms with van der Waals surface area (Å²) in [5.74, 6) is -1.15. The topological polar surface area (TPSA) is 81.7 Å². The van der Waals surface area contributed by atoms with Crippen molar-refractivity contribution in [2.75, 3.05) is 28.6 Å². The zero-order valence-corrected chi connectivity index (χ0v) is 19.8. The van der Waals surface area contributed by atoms with Gasteiger partial charge < -0.3 is 20.6 Å². The van der Waals surface area contributed by atoms with Gasteiger partial charge in [-0.1, -0.05) is 54.1 Å². The van der Waals surface area contributed by atoms with Crippen LogP contribution < -0.4 is 15.5 Å². The lowest BCUT2D eigenvalue weighted by Crippen LogP contribution is -2.36. The maximum Gasteiger partial charge on any atom is 0.405 e. The summed E-state index contributed by atoms with van der Waals surface area (Å²) in [6.07, 6.45) is -4.51. The standard InChI is InChI=1S/C27H26F3N3O3/c1-17(2)15-33(16-27(28,29)30)24-13-10-19(21-6-4-5-7-22(21)25(34)35)14-23(24)32-26(36)31-20-11-8-18(3)9-12-20/h4-14H,1,15-16H2,2-3H3,(H,34,35)(H2,31,32,36). The van der Waals surface area contributed by atoms with Gasteiger partial charge in [-0.05, 0) is 55.3 Å². The molecule has 0 aliphatic carbocycles. The summed E-state index contributed by atoms with van der Waals surface area (Å²) >= 11 is 0. The van der Waals surface area contributed by atoms with E-state index < -0.39 is 24.7 Å². The Kier molecular flexibility index (Phi) is 8.03. The third-order valence-corrected chi connectivity index (χ3v) is 5.19. The molecule has 0 radical (unpaired) electrons. The van der Waals surface area contributed by atoms with Gasteiger partial charge in [0, 0.05) is 12.2 Å². The predicted octanol–water partition coefficient (Wildman–Crippen LogP) is 6.95. The molecule has 0 atom stereocenters. The fourth-order valence-electron chi connectivity index (χ4n) is 3.69. The third-order valence-electron chi connectivity index (χ3n) is 5.19. The number of aromatic carboxylic acids is 1. The van der Waals surface area contributed by atoms with Crippen LogP contribution in [0.4, 0.5) is 35.0 Å². The summed E-state index contributed by atoms with van der Waals surface area (Å²) in [4.78, 5) is 25.6. The molecule has 0 spiro atoms. The fourth-order valence-corrected chi connectivity index (χ4v) is 3.69. The Labute approximate surface area is 207 Å². The summed E-state index contributed by atoms with van der Waals surface area (Å²) in [7, 11) is 0. The van der Waals surface area contributed by atoms with Gasteiger partial charge in [-0.25, -0.2) is 9.59 Å². The number of benzene rings is 3. The summed E-state index contributed by atoms with van der Waals surface area (Å²) < 4.78 is 40.2. The van der Waals surface area contributed by atoms with Crippen LogP contribution in [0, 0.1) is 6.92 Å². The van der Waals surface area contributed by atoms with Crippen molar-refractivity contribution in [3.63, 3.8) is 0 Å². The van der Waals surface area contributed by atoms with E-state index in [1.807, 2.05) is 19.1 Å². The van der Waals surface area contributed by atoms with E-state index in [1.54, 1.807) is 37.3 Å². The molecule has 0 bridgehead atoms. The second kappa shape index (κ2) is 11.0. The molecule has 0 saturated carbocycles. The normalized spacial score (nSPS) is 11.0. The third kappa shape index (κ3) is 7.11. The minimum Gasteiger partial charge on any atom is -0.478 e. The molecule has 3 N–H and O–H groups in total. The minimum atomic E-state index is -4.51. The van der Waals surface area contributed by atoms with E-state index in [1.165, 1.54) is 24.3 Å². The quantitative estimate of drug-likeness (QED) is 0.294. The molecule has 3 aromatic rings. The van der Waals surface area contributed by atoms with E-state index in [-0.39, 0.29) is 23.5 Å². The van der Waals surface area contributed by atoms with Gasteiger partial charge in [0.1, 0.15) is 6.54 Å². The number of rotatable bonds is 8. The molecular weight excluding hydrogens is 471 g/mol. The van der Waals surface area contributed by atoms with Gasteiger partial charge in [0.2, 0.25) is 0 Å². The molecule has 3 aromatic carbocycles. The Morgan fingerprint density at radius 3 is 2.28 bits per heavy atom. The van der Waals surface area contributed by atoms with Crippen molar-refractivity contribution in [3.05, 3.63) is 90.0 Å². The summed E-state index contributed by atoms with van der Waals surface area (Å²) in [6.45, 7) is 5.87. The number of carbonyl (C=O) groups excluding carboxylic acids is 1. The Bertz CT molecular complexity index is 1270. The predicted molar refractivity (Wildman–Crippen MR) is 136 cm³/mol. The Hall–Kier alpha value is -4.27. The number of anilines is 3. The number of nitrogens with zero attached hydrogens (tertiary/aromatic N) is 1. The maximum atomic E-state index is 13.4. The summed E-state index contributed by atoms with van der Waals surface area (Å²) in [5.41, 5.74) is 3.00.